The minimum absolute atomic E-state index is 0.142. The zero-order chi connectivity index (χ0) is 21.3. The van der Waals surface area contributed by atoms with E-state index in [1.54, 1.807) is 42.5 Å². The number of ether oxygens (including phenoxy) is 2. The molecular formula is C22H16BrFN2O4. The average molecular weight is 471 g/mol. The highest BCUT2D eigenvalue weighted by molar-refractivity contribution is 9.10. The first kappa shape index (κ1) is 21.2. The van der Waals surface area contributed by atoms with Crippen molar-refractivity contribution in [1.29, 1.82) is 0 Å². The van der Waals surface area contributed by atoms with Crippen LogP contribution < -0.4 is 14.9 Å². The molecule has 0 aliphatic carbocycles. The molecule has 0 saturated heterocycles. The van der Waals surface area contributed by atoms with Gasteiger partial charge in [-0.15, -0.1) is 0 Å². The third kappa shape index (κ3) is 6.25. The molecular weight excluding hydrogens is 455 g/mol. The predicted molar refractivity (Wildman–Crippen MR) is 113 cm³/mol. The monoisotopic (exact) mass is 470 g/mol. The summed E-state index contributed by atoms with van der Waals surface area (Å²) in [5, 5.41) is 3.85. The Morgan fingerprint density at radius 3 is 2.33 bits per heavy atom. The number of hydrogen-bond donors (Lipinski definition) is 1. The summed E-state index contributed by atoms with van der Waals surface area (Å²) in [6.45, 7) is -0.177. The van der Waals surface area contributed by atoms with Gasteiger partial charge in [0.2, 0.25) is 0 Å². The van der Waals surface area contributed by atoms with Gasteiger partial charge in [-0.1, -0.05) is 28.1 Å². The van der Waals surface area contributed by atoms with Gasteiger partial charge in [0, 0.05) is 4.47 Å². The lowest BCUT2D eigenvalue weighted by Gasteiger charge is -2.05. The summed E-state index contributed by atoms with van der Waals surface area (Å²) in [7, 11) is 0. The molecule has 0 bridgehead atoms. The van der Waals surface area contributed by atoms with Crippen LogP contribution in [0.2, 0.25) is 0 Å². The molecule has 0 aliphatic heterocycles. The van der Waals surface area contributed by atoms with Crippen molar-refractivity contribution in [3.8, 4) is 11.5 Å². The Kier molecular flexibility index (Phi) is 7.29. The Hall–Kier alpha value is -3.52. The van der Waals surface area contributed by atoms with Crippen LogP contribution in [0.25, 0.3) is 0 Å². The van der Waals surface area contributed by atoms with Crippen LogP contribution in [0.3, 0.4) is 0 Å². The van der Waals surface area contributed by atoms with Crippen LogP contribution in [0.1, 0.15) is 15.9 Å². The van der Waals surface area contributed by atoms with Crippen molar-refractivity contribution in [2.24, 2.45) is 5.10 Å². The SMILES string of the molecule is O=C(COc1ccc(Br)cc1)N/N=C/c1ccc(OC(=O)c2ccccc2F)cc1. The van der Waals surface area contributed by atoms with E-state index in [4.69, 9.17) is 9.47 Å². The van der Waals surface area contributed by atoms with Crippen molar-refractivity contribution in [2.75, 3.05) is 6.61 Å². The van der Waals surface area contributed by atoms with Gasteiger partial charge >= 0.3 is 5.97 Å². The third-order valence-electron chi connectivity index (χ3n) is 3.77. The molecule has 30 heavy (non-hydrogen) atoms. The number of amides is 1. The molecule has 0 radical (unpaired) electrons. The molecule has 0 fully saturated rings. The lowest BCUT2D eigenvalue weighted by atomic mass is 10.2. The number of esters is 1. The number of nitrogens with zero attached hydrogens (tertiary/aromatic N) is 1. The Balaban J connectivity index is 1.47. The molecule has 0 unspecified atom stereocenters. The van der Waals surface area contributed by atoms with Gasteiger partial charge in [0.15, 0.2) is 6.61 Å². The van der Waals surface area contributed by atoms with E-state index in [0.717, 1.165) is 4.47 Å². The molecule has 0 atom stereocenters. The maximum absolute atomic E-state index is 13.6. The standard InChI is InChI=1S/C22H16BrFN2O4/c23-16-7-11-17(12-8-16)29-14-21(27)26-25-13-15-5-9-18(10-6-15)30-22(28)19-3-1-2-4-20(19)24/h1-13H,14H2,(H,26,27)/b25-13+. The molecule has 0 heterocycles. The number of carbonyl (C=O) groups excluding carboxylic acids is 2. The van der Waals surface area contributed by atoms with Crippen LogP contribution in [0.15, 0.2) is 82.4 Å². The van der Waals surface area contributed by atoms with Crippen molar-refractivity contribution < 1.29 is 23.5 Å². The maximum Gasteiger partial charge on any atom is 0.346 e. The van der Waals surface area contributed by atoms with Crippen molar-refractivity contribution in [2.45, 2.75) is 0 Å². The first-order valence-corrected chi connectivity index (χ1v) is 9.57. The van der Waals surface area contributed by atoms with Crippen molar-refractivity contribution in [3.63, 3.8) is 0 Å². The Labute approximate surface area is 180 Å². The number of carbonyl (C=O) groups is 2. The van der Waals surface area contributed by atoms with Crippen LogP contribution in [0.4, 0.5) is 4.39 Å². The molecule has 3 rings (SSSR count). The number of nitrogens with one attached hydrogen (secondary N) is 1. The average Bonchev–Trinajstić information content (AvgIpc) is 2.75. The van der Waals surface area contributed by atoms with Crippen LogP contribution in [0.5, 0.6) is 11.5 Å². The van der Waals surface area contributed by atoms with E-state index in [1.165, 1.54) is 24.4 Å². The molecule has 3 aromatic carbocycles. The van der Waals surface area contributed by atoms with Crippen LogP contribution in [0, 0.1) is 5.82 Å². The van der Waals surface area contributed by atoms with Gasteiger partial charge in [0.1, 0.15) is 17.3 Å². The smallest absolute Gasteiger partial charge is 0.346 e. The Bertz CT molecular complexity index is 1050. The second-order valence-corrected chi connectivity index (χ2v) is 6.89. The predicted octanol–water partition coefficient (Wildman–Crippen LogP) is 4.34. The summed E-state index contributed by atoms with van der Waals surface area (Å²) in [5.74, 6) is -1.02. The van der Waals surface area contributed by atoms with Gasteiger partial charge in [-0.2, -0.15) is 5.10 Å². The molecule has 1 N–H and O–H groups in total. The molecule has 0 aromatic heterocycles. The van der Waals surface area contributed by atoms with E-state index in [0.29, 0.717) is 11.3 Å². The highest BCUT2D eigenvalue weighted by Gasteiger charge is 2.13. The molecule has 3 aromatic rings. The normalized spacial score (nSPS) is 10.6. The third-order valence-corrected chi connectivity index (χ3v) is 4.30. The Morgan fingerprint density at radius 1 is 0.967 bits per heavy atom. The number of halogens is 2. The molecule has 0 aliphatic rings. The van der Waals surface area contributed by atoms with Crippen LogP contribution in [-0.2, 0) is 4.79 Å². The number of hydrazone groups is 1. The summed E-state index contributed by atoms with van der Waals surface area (Å²) in [4.78, 5) is 23.8. The topological polar surface area (TPSA) is 77.0 Å². The lowest BCUT2D eigenvalue weighted by molar-refractivity contribution is -0.123. The zero-order valence-corrected chi connectivity index (χ0v) is 17.1. The number of rotatable bonds is 7. The molecule has 6 nitrogen and oxygen atoms in total. The molecule has 152 valence electrons. The first-order chi connectivity index (χ1) is 14.5. The summed E-state index contributed by atoms with van der Waals surface area (Å²) >= 11 is 3.32. The fourth-order valence-electron chi connectivity index (χ4n) is 2.30. The zero-order valence-electron chi connectivity index (χ0n) is 15.5. The van der Waals surface area contributed by atoms with Crippen molar-refractivity contribution in [3.05, 3.63) is 94.2 Å². The largest absolute Gasteiger partial charge is 0.484 e. The van der Waals surface area contributed by atoms with E-state index < -0.39 is 17.7 Å². The lowest BCUT2D eigenvalue weighted by Crippen LogP contribution is -2.24. The summed E-state index contributed by atoms with van der Waals surface area (Å²) in [6, 6.07) is 19.0. The quantitative estimate of drug-likeness (QED) is 0.241. The first-order valence-electron chi connectivity index (χ1n) is 8.78. The highest BCUT2D eigenvalue weighted by atomic mass is 79.9. The second kappa shape index (κ2) is 10.3. The van der Waals surface area contributed by atoms with Gasteiger partial charge in [-0.05, 0) is 66.2 Å². The molecule has 8 heteroatoms. The molecule has 0 spiro atoms. The van der Waals surface area contributed by atoms with E-state index in [9.17, 15) is 14.0 Å². The van der Waals surface area contributed by atoms with E-state index in [1.807, 2.05) is 12.1 Å². The highest BCUT2D eigenvalue weighted by Crippen LogP contribution is 2.16. The summed E-state index contributed by atoms with van der Waals surface area (Å²) in [6.07, 6.45) is 1.43. The van der Waals surface area contributed by atoms with Gasteiger partial charge in [0.05, 0.1) is 11.8 Å². The van der Waals surface area contributed by atoms with Gasteiger partial charge in [0.25, 0.3) is 5.91 Å². The fraction of sp³-hybridized carbons (Fsp3) is 0.0455. The fourth-order valence-corrected chi connectivity index (χ4v) is 2.57. The minimum atomic E-state index is -0.785. The van der Waals surface area contributed by atoms with Gasteiger partial charge in [-0.25, -0.2) is 14.6 Å². The van der Waals surface area contributed by atoms with Crippen molar-refractivity contribution >= 4 is 34.0 Å². The summed E-state index contributed by atoms with van der Waals surface area (Å²) < 4.78 is 25.0. The number of benzene rings is 3. The summed E-state index contributed by atoms with van der Waals surface area (Å²) in [5.41, 5.74) is 2.88. The van der Waals surface area contributed by atoms with E-state index >= 15 is 0 Å². The molecule has 1 amide bonds. The van der Waals surface area contributed by atoms with Gasteiger partial charge in [-0.3, -0.25) is 4.79 Å². The molecule has 0 saturated carbocycles. The van der Waals surface area contributed by atoms with Crippen molar-refractivity contribution in [1.82, 2.24) is 5.43 Å². The Morgan fingerprint density at radius 2 is 1.63 bits per heavy atom. The van der Waals surface area contributed by atoms with Crippen LogP contribution in [-0.4, -0.2) is 24.7 Å². The van der Waals surface area contributed by atoms with Crippen LogP contribution >= 0.6 is 15.9 Å². The van der Waals surface area contributed by atoms with Gasteiger partial charge < -0.3 is 9.47 Å². The minimum Gasteiger partial charge on any atom is -0.484 e. The van der Waals surface area contributed by atoms with E-state index in [-0.39, 0.29) is 17.9 Å². The van der Waals surface area contributed by atoms with E-state index in [2.05, 4.69) is 26.5 Å². The maximum atomic E-state index is 13.6. The second-order valence-electron chi connectivity index (χ2n) is 5.97. The number of hydrogen-bond acceptors (Lipinski definition) is 5.